The normalized spacial score (nSPS) is 18.7. The fraction of sp³-hybridized carbons (Fsp3) is 0.407. The standard InChI is InChI=1S/C27H29N3O5/c1-34-23-14-11-19(15-24(23)35-2)26(32)29(20-7-5-3-4-6-8-20)22-16-25(31)30(27(22)33)21-12-9-18(17-28)10-13-21/h9-15,20,22H,3-8,16H2,1-2H3. The van der Waals surface area contributed by atoms with Crippen molar-refractivity contribution < 1.29 is 23.9 Å². The highest BCUT2D eigenvalue weighted by Gasteiger charge is 2.46. The van der Waals surface area contributed by atoms with Gasteiger partial charge >= 0.3 is 0 Å². The summed E-state index contributed by atoms with van der Waals surface area (Å²) in [7, 11) is 3.03. The molecule has 1 aliphatic carbocycles. The third-order valence-corrected chi connectivity index (χ3v) is 6.80. The van der Waals surface area contributed by atoms with Gasteiger partial charge in [-0.15, -0.1) is 0 Å². The molecule has 2 aromatic rings. The first kappa shape index (κ1) is 24.3. The van der Waals surface area contributed by atoms with Crippen molar-refractivity contribution in [3.05, 3.63) is 53.6 Å². The van der Waals surface area contributed by atoms with Crippen LogP contribution in [-0.4, -0.2) is 48.9 Å². The Balaban J connectivity index is 1.70. The highest BCUT2D eigenvalue weighted by molar-refractivity contribution is 6.23. The Labute approximate surface area is 205 Å². The summed E-state index contributed by atoms with van der Waals surface area (Å²) in [5, 5.41) is 9.06. The Bertz CT molecular complexity index is 1150. The van der Waals surface area contributed by atoms with Crippen LogP contribution in [0.15, 0.2) is 42.5 Å². The molecule has 35 heavy (non-hydrogen) atoms. The second-order valence-electron chi connectivity index (χ2n) is 8.87. The van der Waals surface area contributed by atoms with Crippen LogP contribution in [0.25, 0.3) is 0 Å². The number of carbonyl (C=O) groups is 3. The van der Waals surface area contributed by atoms with E-state index in [2.05, 4.69) is 0 Å². The summed E-state index contributed by atoms with van der Waals surface area (Å²) in [5.74, 6) is -0.150. The summed E-state index contributed by atoms with van der Waals surface area (Å²) in [6.07, 6.45) is 5.60. The van der Waals surface area contributed by atoms with Crippen molar-refractivity contribution in [2.45, 2.75) is 57.0 Å². The lowest BCUT2D eigenvalue weighted by atomic mass is 10.0. The summed E-state index contributed by atoms with van der Waals surface area (Å²) in [6, 6.07) is 12.3. The number of nitrogens with zero attached hydrogens (tertiary/aromatic N) is 3. The molecule has 1 saturated carbocycles. The predicted octanol–water partition coefficient (Wildman–Crippen LogP) is 4.07. The Morgan fingerprint density at radius 1 is 0.971 bits per heavy atom. The molecule has 1 saturated heterocycles. The van der Waals surface area contributed by atoms with Gasteiger partial charge in [0.05, 0.1) is 38.0 Å². The van der Waals surface area contributed by atoms with Crippen LogP contribution in [0.3, 0.4) is 0 Å². The molecule has 8 nitrogen and oxygen atoms in total. The topological polar surface area (TPSA) is 99.9 Å². The minimum Gasteiger partial charge on any atom is -0.493 e. The second kappa shape index (κ2) is 10.6. The van der Waals surface area contributed by atoms with E-state index < -0.39 is 11.9 Å². The summed E-state index contributed by atoms with van der Waals surface area (Å²) in [5.41, 5.74) is 1.22. The summed E-state index contributed by atoms with van der Waals surface area (Å²) in [6.45, 7) is 0. The highest BCUT2D eigenvalue weighted by Crippen LogP contribution is 2.34. The van der Waals surface area contributed by atoms with Crippen molar-refractivity contribution in [3.63, 3.8) is 0 Å². The summed E-state index contributed by atoms with van der Waals surface area (Å²) in [4.78, 5) is 43.3. The van der Waals surface area contributed by atoms with Gasteiger partial charge in [-0.3, -0.25) is 14.4 Å². The van der Waals surface area contributed by atoms with E-state index in [9.17, 15) is 14.4 Å². The number of amides is 3. The number of carbonyl (C=O) groups excluding carboxylic acids is 3. The third-order valence-electron chi connectivity index (χ3n) is 6.80. The lowest BCUT2D eigenvalue weighted by Gasteiger charge is -2.35. The van der Waals surface area contributed by atoms with Crippen LogP contribution in [0.5, 0.6) is 11.5 Å². The number of rotatable bonds is 6. The third kappa shape index (κ3) is 4.85. The molecule has 0 N–H and O–H groups in total. The van der Waals surface area contributed by atoms with Gasteiger partial charge in [-0.2, -0.15) is 5.26 Å². The van der Waals surface area contributed by atoms with Gasteiger partial charge in [0.25, 0.3) is 11.8 Å². The van der Waals surface area contributed by atoms with Crippen molar-refractivity contribution in [2.75, 3.05) is 19.1 Å². The minimum absolute atomic E-state index is 0.0750. The number of nitriles is 1. The second-order valence-corrected chi connectivity index (χ2v) is 8.87. The molecule has 3 amide bonds. The van der Waals surface area contributed by atoms with E-state index in [0.29, 0.717) is 28.3 Å². The van der Waals surface area contributed by atoms with Gasteiger partial charge in [0.1, 0.15) is 6.04 Å². The first-order chi connectivity index (χ1) is 17.0. The molecule has 2 fully saturated rings. The van der Waals surface area contributed by atoms with Gasteiger partial charge in [0.2, 0.25) is 5.91 Å². The Morgan fingerprint density at radius 2 is 1.63 bits per heavy atom. The van der Waals surface area contributed by atoms with Crippen LogP contribution in [-0.2, 0) is 9.59 Å². The van der Waals surface area contributed by atoms with Crippen molar-refractivity contribution in [1.82, 2.24) is 4.90 Å². The molecule has 0 spiro atoms. The molecule has 1 atom stereocenters. The van der Waals surface area contributed by atoms with E-state index in [0.717, 1.165) is 43.4 Å². The number of imide groups is 1. The van der Waals surface area contributed by atoms with E-state index in [1.54, 1.807) is 47.4 Å². The number of hydrogen-bond acceptors (Lipinski definition) is 6. The van der Waals surface area contributed by atoms with Gasteiger partial charge in [0.15, 0.2) is 11.5 Å². The molecule has 0 radical (unpaired) electrons. The number of methoxy groups -OCH3 is 2. The summed E-state index contributed by atoms with van der Waals surface area (Å²) >= 11 is 0. The van der Waals surface area contributed by atoms with Crippen LogP contribution >= 0.6 is 0 Å². The van der Waals surface area contributed by atoms with Crippen LogP contribution < -0.4 is 14.4 Å². The zero-order valence-corrected chi connectivity index (χ0v) is 20.0. The monoisotopic (exact) mass is 475 g/mol. The SMILES string of the molecule is COc1ccc(C(=O)N(C2CCCCCC2)C2CC(=O)N(c3ccc(C#N)cc3)C2=O)cc1OC. The number of benzene rings is 2. The molecule has 2 aliphatic rings. The quantitative estimate of drug-likeness (QED) is 0.461. The first-order valence-electron chi connectivity index (χ1n) is 11.9. The van der Waals surface area contributed by atoms with Crippen molar-refractivity contribution in [1.29, 1.82) is 5.26 Å². The molecule has 0 aromatic heterocycles. The van der Waals surface area contributed by atoms with E-state index in [-0.39, 0.29) is 24.3 Å². The predicted molar refractivity (Wildman–Crippen MR) is 129 cm³/mol. The van der Waals surface area contributed by atoms with Crippen LogP contribution in [0.4, 0.5) is 5.69 Å². The first-order valence-corrected chi connectivity index (χ1v) is 11.9. The lowest BCUT2D eigenvalue weighted by molar-refractivity contribution is -0.123. The minimum atomic E-state index is -0.887. The van der Waals surface area contributed by atoms with Gasteiger partial charge in [-0.25, -0.2) is 4.90 Å². The smallest absolute Gasteiger partial charge is 0.257 e. The van der Waals surface area contributed by atoms with Crippen LogP contribution in [0.2, 0.25) is 0 Å². The molecule has 8 heteroatoms. The molecule has 2 aromatic carbocycles. The van der Waals surface area contributed by atoms with Gasteiger partial charge < -0.3 is 14.4 Å². The molecule has 4 rings (SSSR count). The van der Waals surface area contributed by atoms with Crippen LogP contribution in [0.1, 0.15) is 60.9 Å². The lowest BCUT2D eigenvalue weighted by Crippen LogP contribution is -2.50. The maximum atomic E-state index is 13.9. The van der Waals surface area contributed by atoms with Crippen molar-refractivity contribution >= 4 is 23.4 Å². The fourth-order valence-corrected chi connectivity index (χ4v) is 5.01. The van der Waals surface area contributed by atoms with Crippen LogP contribution in [0, 0.1) is 11.3 Å². The molecule has 182 valence electrons. The molecule has 0 bridgehead atoms. The van der Waals surface area contributed by atoms with E-state index in [1.165, 1.54) is 14.2 Å². The molecule has 1 heterocycles. The summed E-state index contributed by atoms with van der Waals surface area (Å²) < 4.78 is 10.7. The molecule has 1 unspecified atom stereocenters. The largest absolute Gasteiger partial charge is 0.493 e. The van der Waals surface area contributed by atoms with E-state index >= 15 is 0 Å². The Kier molecular flexibility index (Phi) is 7.35. The highest BCUT2D eigenvalue weighted by atomic mass is 16.5. The molecular formula is C27H29N3O5. The zero-order valence-electron chi connectivity index (χ0n) is 20.0. The van der Waals surface area contributed by atoms with Gasteiger partial charge in [0, 0.05) is 11.6 Å². The number of anilines is 1. The van der Waals surface area contributed by atoms with Gasteiger partial charge in [-0.05, 0) is 55.3 Å². The average molecular weight is 476 g/mol. The number of hydrogen-bond donors (Lipinski definition) is 0. The molecule has 1 aliphatic heterocycles. The van der Waals surface area contributed by atoms with E-state index in [4.69, 9.17) is 14.7 Å². The maximum absolute atomic E-state index is 13.9. The van der Waals surface area contributed by atoms with Crippen molar-refractivity contribution in [3.8, 4) is 17.6 Å². The zero-order chi connectivity index (χ0) is 24.9. The van der Waals surface area contributed by atoms with E-state index in [1.807, 2.05) is 6.07 Å². The maximum Gasteiger partial charge on any atom is 0.257 e. The van der Waals surface area contributed by atoms with Gasteiger partial charge in [-0.1, -0.05) is 25.7 Å². The Morgan fingerprint density at radius 3 is 2.23 bits per heavy atom. The average Bonchev–Trinajstić information content (AvgIpc) is 3.04. The fourth-order valence-electron chi connectivity index (χ4n) is 5.01. The van der Waals surface area contributed by atoms with Crippen molar-refractivity contribution in [2.24, 2.45) is 0 Å². The Hall–Kier alpha value is -3.86. The number of ether oxygens (including phenoxy) is 2. The molecular weight excluding hydrogens is 446 g/mol.